The molecule has 0 aliphatic carbocycles. The fourth-order valence-corrected chi connectivity index (χ4v) is 7.15. The third kappa shape index (κ3) is 11.2. The molecule has 4 atom stereocenters. The van der Waals surface area contributed by atoms with Gasteiger partial charge in [0.25, 0.3) is 5.89 Å². The third-order valence-electron chi connectivity index (χ3n) is 10.4. The summed E-state index contributed by atoms with van der Waals surface area (Å²) in [6, 6.07) is 22.3. The van der Waals surface area contributed by atoms with Crippen LogP contribution < -0.4 is 22.1 Å². The largest absolute Gasteiger partial charge is 0.445 e. The zero-order valence-electron chi connectivity index (χ0n) is 31.9. The first kappa shape index (κ1) is 40.9. The van der Waals surface area contributed by atoms with Gasteiger partial charge in [0.2, 0.25) is 17.6 Å². The number of para-hydroxylation sites is 2. The highest BCUT2D eigenvalue weighted by Crippen LogP contribution is 2.26. The fraction of sp³-hybridized carbons (Fsp3) is 0.429. The van der Waals surface area contributed by atoms with E-state index in [1.807, 2.05) is 60.7 Å². The second-order valence-corrected chi connectivity index (χ2v) is 14.6. The molecule has 0 bridgehead atoms. The van der Waals surface area contributed by atoms with Gasteiger partial charge in [-0.3, -0.25) is 14.4 Å². The lowest BCUT2D eigenvalue weighted by atomic mass is 10.0. The summed E-state index contributed by atoms with van der Waals surface area (Å²) in [5, 5.41) is 5.60. The number of fused-ring (bicyclic) bond motifs is 1. The molecule has 6 rings (SSSR count). The summed E-state index contributed by atoms with van der Waals surface area (Å²) in [6.45, 7) is 1.12. The number of carbonyl (C=O) groups excluding carboxylic acids is 5. The molecule has 15 nitrogen and oxygen atoms in total. The van der Waals surface area contributed by atoms with Crippen LogP contribution in [0.25, 0.3) is 11.1 Å². The number of hydrogen-bond acceptors (Lipinski definition) is 11. The smallest absolute Gasteiger partial charge is 0.410 e. The number of ketones is 1. The van der Waals surface area contributed by atoms with Crippen molar-refractivity contribution in [1.82, 2.24) is 25.4 Å². The number of rotatable bonds is 16. The Morgan fingerprint density at radius 1 is 0.842 bits per heavy atom. The summed E-state index contributed by atoms with van der Waals surface area (Å²) in [4.78, 5) is 76.6. The Hall–Kier alpha value is -5.80. The Labute approximate surface area is 331 Å². The van der Waals surface area contributed by atoms with Crippen LogP contribution in [-0.4, -0.2) is 101 Å². The number of likely N-dealkylation sites (tertiary alicyclic amines) is 2. The van der Waals surface area contributed by atoms with Crippen LogP contribution in [0, 0.1) is 0 Å². The number of oxazole rings is 1. The SMILES string of the molecule is NCCCC[C@H](NC(=O)[C@@H]1C[C@@H](OC(=O)N2CCC(N)CC2)CN1C(=O)[C@@H](CCc1ccccc1)NC(=O)OCc1ccccc1)C(=O)c1nc2ccccc2o1. The predicted octanol–water partition coefficient (Wildman–Crippen LogP) is 4.08. The van der Waals surface area contributed by atoms with Gasteiger partial charge in [0.05, 0.1) is 12.6 Å². The number of carbonyl (C=O) groups is 5. The number of aryl methyl sites for hydroxylation is 1. The van der Waals surface area contributed by atoms with E-state index in [9.17, 15) is 24.0 Å². The first-order chi connectivity index (χ1) is 27.7. The van der Waals surface area contributed by atoms with Gasteiger partial charge in [-0.1, -0.05) is 72.8 Å². The zero-order valence-corrected chi connectivity index (χ0v) is 31.9. The van der Waals surface area contributed by atoms with E-state index in [1.54, 1.807) is 29.2 Å². The Balaban J connectivity index is 1.23. The van der Waals surface area contributed by atoms with E-state index in [1.165, 1.54) is 4.90 Å². The average Bonchev–Trinajstić information content (AvgIpc) is 3.87. The zero-order chi connectivity index (χ0) is 40.1. The number of Topliss-reactive ketones (excluding diaryl/α,β-unsaturated/α-hetero) is 1. The molecule has 302 valence electrons. The quantitative estimate of drug-likeness (QED) is 0.0940. The molecule has 4 amide bonds. The summed E-state index contributed by atoms with van der Waals surface area (Å²) >= 11 is 0. The second-order valence-electron chi connectivity index (χ2n) is 14.6. The highest BCUT2D eigenvalue weighted by Gasteiger charge is 2.45. The van der Waals surface area contributed by atoms with E-state index in [0.717, 1.165) is 11.1 Å². The van der Waals surface area contributed by atoms with Crippen LogP contribution in [-0.2, 0) is 32.1 Å². The maximum atomic E-state index is 14.6. The summed E-state index contributed by atoms with van der Waals surface area (Å²) < 4.78 is 17.2. The number of ether oxygens (including phenoxy) is 2. The van der Waals surface area contributed by atoms with Gasteiger partial charge < -0.3 is 45.8 Å². The molecule has 2 saturated heterocycles. The van der Waals surface area contributed by atoms with Crippen LogP contribution in [0.2, 0.25) is 0 Å². The Kier molecular flexibility index (Phi) is 14.2. The topological polar surface area (TPSA) is 212 Å². The maximum absolute atomic E-state index is 14.6. The van der Waals surface area contributed by atoms with E-state index in [0.29, 0.717) is 62.8 Å². The molecule has 2 aliphatic heterocycles. The van der Waals surface area contributed by atoms with Gasteiger partial charge in [-0.2, -0.15) is 0 Å². The first-order valence-corrected chi connectivity index (χ1v) is 19.6. The summed E-state index contributed by atoms with van der Waals surface area (Å²) in [5.41, 5.74) is 14.4. The molecule has 6 N–H and O–H groups in total. The molecule has 1 aromatic heterocycles. The normalized spacial score (nSPS) is 18.1. The summed E-state index contributed by atoms with van der Waals surface area (Å²) in [5.74, 6) is -1.86. The average molecular weight is 782 g/mol. The van der Waals surface area contributed by atoms with Crippen molar-refractivity contribution in [2.75, 3.05) is 26.2 Å². The van der Waals surface area contributed by atoms with Crippen LogP contribution in [0.3, 0.4) is 0 Å². The van der Waals surface area contributed by atoms with E-state index < -0.39 is 54.0 Å². The predicted molar refractivity (Wildman–Crippen MR) is 211 cm³/mol. The molecule has 0 radical (unpaired) electrons. The standard InChI is InChI=1S/C42H51N7O8/c43-22-10-9-16-33(37(50)39-46-32-15-7-8-17-36(32)57-39)45-38(51)35-25-31(56-42(54)48-23-20-30(44)21-24-48)26-49(35)40(52)34(19-18-28-11-3-1-4-12-28)47-41(53)55-27-29-13-5-2-6-14-29/h1-8,11-15,17,30-31,33-35H,9-10,16,18-27,43-44H2,(H,45,51)(H,47,53)/t31-,33+,34-,35+/m1/s1. The number of hydrogen-bond donors (Lipinski definition) is 4. The molecule has 0 saturated carbocycles. The van der Waals surface area contributed by atoms with Gasteiger partial charge in [0.15, 0.2) is 5.58 Å². The minimum absolute atomic E-state index is 0.00306. The van der Waals surface area contributed by atoms with Crippen LogP contribution >= 0.6 is 0 Å². The van der Waals surface area contributed by atoms with Crippen molar-refractivity contribution in [3.05, 3.63) is 102 Å². The molecule has 2 aliphatic rings. The van der Waals surface area contributed by atoms with Crippen molar-refractivity contribution in [2.24, 2.45) is 11.5 Å². The lowest BCUT2D eigenvalue weighted by Gasteiger charge is -2.30. The van der Waals surface area contributed by atoms with Gasteiger partial charge in [-0.25, -0.2) is 14.6 Å². The van der Waals surface area contributed by atoms with Crippen LogP contribution in [0.1, 0.15) is 66.8 Å². The molecule has 4 aromatic rings. The number of amides is 4. The van der Waals surface area contributed by atoms with Crippen LogP contribution in [0.4, 0.5) is 9.59 Å². The van der Waals surface area contributed by atoms with Crippen LogP contribution in [0.5, 0.6) is 0 Å². The van der Waals surface area contributed by atoms with Crippen molar-refractivity contribution in [3.63, 3.8) is 0 Å². The number of alkyl carbamates (subject to hydrolysis) is 1. The number of benzene rings is 3. The van der Waals surface area contributed by atoms with Gasteiger partial charge in [0, 0.05) is 25.6 Å². The fourth-order valence-electron chi connectivity index (χ4n) is 7.15. The van der Waals surface area contributed by atoms with Crippen molar-refractivity contribution in [1.29, 1.82) is 0 Å². The summed E-state index contributed by atoms with van der Waals surface area (Å²) in [7, 11) is 0. The van der Waals surface area contributed by atoms with Crippen molar-refractivity contribution >= 4 is 40.9 Å². The minimum Gasteiger partial charge on any atom is -0.445 e. The number of nitrogens with two attached hydrogens (primary N) is 2. The van der Waals surface area contributed by atoms with E-state index in [-0.39, 0.29) is 44.3 Å². The molecule has 2 fully saturated rings. The number of nitrogens with one attached hydrogen (secondary N) is 2. The van der Waals surface area contributed by atoms with Crippen LogP contribution in [0.15, 0.2) is 89.3 Å². The summed E-state index contributed by atoms with van der Waals surface area (Å²) in [6.07, 6.45) is 0.994. The molecule has 0 spiro atoms. The lowest BCUT2D eigenvalue weighted by Crippen LogP contribution is -2.55. The number of piperidine rings is 1. The second kappa shape index (κ2) is 19.9. The van der Waals surface area contributed by atoms with Crippen molar-refractivity contribution < 1.29 is 37.9 Å². The molecular formula is C42H51N7O8. The highest BCUT2D eigenvalue weighted by atomic mass is 16.6. The Morgan fingerprint density at radius 2 is 1.53 bits per heavy atom. The Bertz CT molecular complexity index is 1940. The highest BCUT2D eigenvalue weighted by molar-refractivity contribution is 6.01. The van der Waals surface area contributed by atoms with Crippen molar-refractivity contribution in [3.8, 4) is 0 Å². The first-order valence-electron chi connectivity index (χ1n) is 19.6. The molecule has 15 heteroatoms. The van der Waals surface area contributed by atoms with Gasteiger partial charge in [-0.05, 0) is 74.8 Å². The number of nitrogens with zero attached hydrogens (tertiary/aromatic N) is 3. The molecular weight excluding hydrogens is 731 g/mol. The molecule has 0 unspecified atom stereocenters. The lowest BCUT2D eigenvalue weighted by molar-refractivity contribution is -0.140. The van der Waals surface area contributed by atoms with E-state index in [4.69, 9.17) is 25.4 Å². The third-order valence-corrected chi connectivity index (χ3v) is 10.4. The maximum Gasteiger partial charge on any atom is 0.410 e. The minimum atomic E-state index is -1.15. The van der Waals surface area contributed by atoms with Gasteiger partial charge in [-0.15, -0.1) is 0 Å². The van der Waals surface area contributed by atoms with Gasteiger partial charge >= 0.3 is 12.2 Å². The van der Waals surface area contributed by atoms with Gasteiger partial charge in [0.1, 0.15) is 30.3 Å². The monoisotopic (exact) mass is 781 g/mol. The molecule has 3 heterocycles. The molecule has 57 heavy (non-hydrogen) atoms. The molecule has 3 aromatic carbocycles. The number of unbranched alkanes of at least 4 members (excludes halogenated alkanes) is 1. The van der Waals surface area contributed by atoms with Crippen molar-refractivity contribution in [2.45, 2.75) is 88.2 Å². The Morgan fingerprint density at radius 3 is 2.23 bits per heavy atom. The van der Waals surface area contributed by atoms with E-state index in [2.05, 4.69) is 15.6 Å². The number of aromatic nitrogens is 1. The van der Waals surface area contributed by atoms with E-state index >= 15 is 0 Å².